The predicted molar refractivity (Wildman–Crippen MR) is 171 cm³/mol. The van der Waals surface area contributed by atoms with E-state index < -0.39 is 33.0 Å². The second kappa shape index (κ2) is 14.5. The van der Waals surface area contributed by atoms with Crippen LogP contribution in [0.3, 0.4) is 0 Å². The average molecular weight is 678 g/mol. The van der Waals surface area contributed by atoms with Crippen LogP contribution in [0, 0.1) is 5.82 Å². The van der Waals surface area contributed by atoms with E-state index in [1.807, 2.05) is 65.6 Å². The minimum absolute atomic E-state index is 0.0233. The number of nitrogens with zero attached hydrogens (tertiary/aromatic N) is 1. The van der Waals surface area contributed by atoms with Crippen LogP contribution in [-0.2, 0) is 28.2 Å². The molecular weight excluding hydrogens is 642 g/mol. The summed E-state index contributed by atoms with van der Waals surface area (Å²) in [6.07, 6.45) is -3.31. The number of ether oxygens (including phenoxy) is 1. The van der Waals surface area contributed by atoms with Crippen LogP contribution in [-0.4, -0.2) is 44.4 Å². The van der Waals surface area contributed by atoms with Crippen LogP contribution in [0.4, 0.5) is 17.6 Å². The second-order valence-corrected chi connectivity index (χ2v) is 14.1. The van der Waals surface area contributed by atoms with Gasteiger partial charge >= 0.3 is 6.18 Å². The van der Waals surface area contributed by atoms with Crippen LogP contribution in [0.1, 0.15) is 54.0 Å². The van der Waals surface area contributed by atoms with Crippen molar-refractivity contribution in [1.29, 1.82) is 0 Å². The summed E-state index contributed by atoms with van der Waals surface area (Å²) in [5, 5.41) is 10.0. The molecule has 4 rings (SSSR count). The summed E-state index contributed by atoms with van der Waals surface area (Å²) in [6, 6.07) is 25.6. The number of halogens is 5. The van der Waals surface area contributed by atoms with Crippen molar-refractivity contribution in [3.63, 3.8) is 0 Å². The Balaban J connectivity index is 1.60. The SMILES string of the molecule is CC(C)(O)c1c(F)cc(OCCCN(Cc2cccc(C(F)(F)F)c2Cl)CC(c2ccccc2)c2ccccc2)cc1S(C)(=O)=O. The molecule has 46 heavy (non-hydrogen) atoms. The third-order valence-electron chi connectivity index (χ3n) is 7.55. The number of aliphatic hydroxyl groups is 1. The summed E-state index contributed by atoms with van der Waals surface area (Å²) in [6.45, 7) is 3.57. The third kappa shape index (κ3) is 9.09. The Hall–Kier alpha value is -3.44. The number of rotatable bonds is 13. The van der Waals surface area contributed by atoms with E-state index in [0.29, 0.717) is 25.1 Å². The van der Waals surface area contributed by atoms with E-state index >= 15 is 4.39 Å². The first-order valence-electron chi connectivity index (χ1n) is 14.6. The summed E-state index contributed by atoms with van der Waals surface area (Å²) in [5.41, 5.74) is -0.628. The Bertz CT molecular complexity index is 1690. The van der Waals surface area contributed by atoms with Gasteiger partial charge in [-0.1, -0.05) is 84.4 Å². The first-order valence-corrected chi connectivity index (χ1v) is 16.9. The van der Waals surface area contributed by atoms with E-state index in [0.717, 1.165) is 29.5 Å². The molecule has 11 heteroatoms. The molecule has 5 nitrogen and oxygen atoms in total. The van der Waals surface area contributed by atoms with Crippen LogP contribution >= 0.6 is 11.6 Å². The number of benzene rings is 4. The Labute approximate surface area is 272 Å². The Morgan fingerprint density at radius 3 is 2.02 bits per heavy atom. The monoisotopic (exact) mass is 677 g/mol. The molecule has 0 spiro atoms. The lowest BCUT2D eigenvalue weighted by molar-refractivity contribution is -0.137. The summed E-state index contributed by atoms with van der Waals surface area (Å²) in [5.74, 6) is -1.06. The Morgan fingerprint density at radius 2 is 1.50 bits per heavy atom. The van der Waals surface area contributed by atoms with Crippen molar-refractivity contribution < 1.29 is 35.8 Å². The molecule has 1 N–H and O–H groups in total. The number of hydrogen-bond acceptors (Lipinski definition) is 5. The van der Waals surface area contributed by atoms with Gasteiger partial charge in [-0.2, -0.15) is 13.2 Å². The van der Waals surface area contributed by atoms with Gasteiger partial charge in [0.1, 0.15) is 11.6 Å². The average Bonchev–Trinajstić information content (AvgIpc) is 2.97. The quantitative estimate of drug-likeness (QED) is 0.114. The Kier molecular flexibility index (Phi) is 11.2. The second-order valence-electron chi connectivity index (χ2n) is 11.7. The molecule has 0 saturated heterocycles. The molecule has 0 bridgehead atoms. The summed E-state index contributed by atoms with van der Waals surface area (Å²) in [7, 11) is -3.91. The Morgan fingerprint density at radius 1 is 0.913 bits per heavy atom. The van der Waals surface area contributed by atoms with Crippen LogP contribution in [0.15, 0.2) is 95.9 Å². The van der Waals surface area contributed by atoms with E-state index in [-0.39, 0.29) is 40.3 Å². The van der Waals surface area contributed by atoms with E-state index in [4.69, 9.17) is 16.3 Å². The molecule has 0 heterocycles. The molecule has 0 aliphatic carbocycles. The van der Waals surface area contributed by atoms with Crippen molar-refractivity contribution in [3.05, 3.63) is 130 Å². The molecule has 0 saturated carbocycles. The molecule has 0 atom stereocenters. The summed E-state index contributed by atoms with van der Waals surface area (Å²) in [4.78, 5) is 1.62. The maximum atomic E-state index is 15.0. The molecule has 0 fully saturated rings. The fourth-order valence-electron chi connectivity index (χ4n) is 5.43. The predicted octanol–water partition coefficient (Wildman–Crippen LogP) is 8.23. The maximum Gasteiger partial charge on any atom is 0.417 e. The molecule has 0 aromatic heterocycles. The summed E-state index contributed by atoms with van der Waals surface area (Å²) < 4.78 is 86.6. The molecule has 0 amide bonds. The standard InChI is InChI=1S/C35H36ClF4NO4S/c1-34(2,42)32-30(37)20-27(21-31(32)46(3,43)44)45-19-11-18-41(22-26-16-10-17-29(33(26)36)35(38,39)40)23-28(24-12-6-4-7-13-24)25-14-8-5-9-15-25/h4-10,12-17,20-21,28,42H,11,18-19,22-23H2,1-3H3. The van der Waals surface area contributed by atoms with Gasteiger partial charge in [0.05, 0.1) is 27.7 Å². The molecule has 4 aromatic carbocycles. The molecular formula is C35H36ClF4NO4S. The van der Waals surface area contributed by atoms with Gasteiger partial charge in [-0.3, -0.25) is 4.90 Å². The van der Waals surface area contributed by atoms with Crippen LogP contribution in [0.2, 0.25) is 5.02 Å². The van der Waals surface area contributed by atoms with Gasteiger partial charge in [0, 0.05) is 43.4 Å². The molecule has 246 valence electrons. The van der Waals surface area contributed by atoms with Crippen molar-refractivity contribution in [2.24, 2.45) is 0 Å². The van der Waals surface area contributed by atoms with Gasteiger partial charge in [-0.25, -0.2) is 12.8 Å². The van der Waals surface area contributed by atoms with Gasteiger partial charge in [0.25, 0.3) is 0 Å². The zero-order valence-corrected chi connectivity index (χ0v) is 27.3. The first-order chi connectivity index (χ1) is 21.6. The lowest BCUT2D eigenvalue weighted by Gasteiger charge is -2.29. The number of sulfone groups is 1. The summed E-state index contributed by atoms with van der Waals surface area (Å²) >= 11 is 6.29. The van der Waals surface area contributed by atoms with E-state index in [1.165, 1.54) is 26.0 Å². The normalized spacial score (nSPS) is 12.6. The maximum absolute atomic E-state index is 15.0. The zero-order valence-electron chi connectivity index (χ0n) is 25.7. The van der Waals surface area contributed by atoms with Gasteiger partial charge in [0.15, 0.2) is 9.84 Å². The minimum Gasteiger partial charge on any atom is -0.493 e. The fraction of sp³-hybridized carbons (Fsp3) is 0.314. The highest BCUT2D eigenvalue weighted by molar-refractivity contribution is 7.90. The van der Waals surface area contributed by atoms with Crippen molar-refractivity contribution in [3.8, 4) is 5.75 Å². The molecule has 0 aliphatic rings. The van der Waals surface area contributed by atoms with Crippen LogP contribution in [0.5, 0.6) is 5.75 Å². The topological polar surface area (TPSA) is 66.8 Å². The smallest absolute Gasteiger partial charge is 0.417 e. The van der Waals surface area contributed by atoms with Gasteiger partial charge in [-0.15, -0.1) is 0 Å². The highest BCUT2D eigenvalue weighted by Gasteiger charge is 2.34. The van der Waals surface area contributed by atoms with Crippen molar-refractivity contribution in [2.75, 3.05) is 26.0 Å². The highest BCUT2D eigenvalue weighted by Crippen LogP contribution is 2.37. The van der Waals surface area contributed by atoms with Gasteiger partial charge in [0.2, 0.25) is 0 Å². The lowest BCUT2D eigenvalue weighted by Crippen LogP contribution is -2.31. The van der Waals surface area contributed by atoms with Crippen molar-refractivity contribution >= 4 is 21.4 Å². The van der Waals surface area contributed by atoms with E-state index in [1.54, 1.807) is 6.07 Å². The van der Waals surface area contributed by atoms with E-state index in [2.05, 4.69) is 0 Å². The van der Waals surface area contributed by atoms with Crippen molar-refractivity contribution in [1.82, 2.24) is 4.90 Å². The van der Waals surface area contributed by atoms with Gasteiger partial charge in [-0.05, 0) is 49.1 Å². The van der Waals surface area contributed by atoms with Crippen LogP contribution in [0.25, 0.3) is 0 Å². The largest absolute Gasteiger partial charge is 0.493 e. The van der Waals surface area contributed by atoms with Crippen molar-refractivity contribution in [2.45, 2.75) is 49.4 Å². The fourth-order valence-corrected chi connectivity index (χ4v) is 6.78. The highest BCUT2D eigenvalue weighted by atomic mass is 35.5. The third-order valence-corrected chi connectivity index (χ3v) is 9.12. The van der Waals surface area contributed by atoms with E-state index in [9.17, 15) is 26.7 Å². The molecule has 0 unspecified atom stereocenters. The molecule has 0 radical (unpaired) electrons. The van der Waals surface area contributed by atoms with Crippen LogP contribution < -0.4 is 4.74 Å². The number of hydrogen-bond donors (Lipinski definition) is 1. The minimum atomic E-state index is -4.61. The molecule has 0 aliphatic heterocycles. The first kappa shape index (κ1) is 35.4. The number of alkyl halides is 3. The van der Waals surface area contributed by atoms with Gasteiger partial charge < -0.3 is 9.84 Å². The molecule has 4 aromatic rings. The zero-order chi connectivity index (χ0) is 33.7. The lowest BCUT2D eigenvalue weighted by atomic mass is 9.90.